The molecule has 0 bridgehead atoms. The number of aryl methyl sites for hydroxylation is 1. The number of anilines is 1. The smallest absolute Gasteiger partial charge is 0.338 e. The van der Waals surface area contributed by atoms with Gasteiger partial charge in [-0.3, -0.25) is 4.79 Å². The van der Waals surface area contributed by atoms with Crippen molar-refractivity contribution in [3.05, 3.63) is 64.7 Å². The number of carbonyl (C=O) groups is 2. The SMILES string of the molecule is COC(=O)c1cc(NC(=O)c2cccc(C(C)(C)C#N)c2)ccc1C. The maximum absolute atomic E-state index is 12.5. The highest BCUT2D eigenvalue weighted by Gasteiger charge is 2.21. The van der Waals surface area contributed by atoms with E-state index in [1.54, 1.807) is 57.2 Å². The number of nitriles is 1. The van der Waals surface area contributed by atoms with E-state index < -0.39 is 11.4 Å². The summed E-state index contributed by atoms with van der Waals surface area (Å²) in [4.78, 5) is 24.3. The molecule has 2 aromatic carbocycles. The zero-order valence-corrected chi connectivity index (χ0v) is 14.7. The van der Waals surface area contributed by atoms with Crippen LogP contribution < -0.4 is 5.32 Å². The molecule has 2 aromatic rings. The van der Waals surface area contributed by atoms with Gasteiger partial charge in [-0.15, -0.1) is 0 Å². The van der Waals surface area contributed by atoms with E-state index >= 15 is 0 Å². The Balaban J connectivity index is 2.28. The fourth-order valence-electron chi connectivity index (χ4n) is 2.35. The number of nitrogens with zero attached hydrogens (tertiary/aromatic N) is 1. The van der Waals surface area contributed by atoms with Crippen LogP contribution in [0.3, 0.4) is 0 Å². The van der Waals surface area contributed by atoms with Gasteiger partial charge in [0.15, 0.2) is 0 Å². The lowest BCUT2D eigenvalue weighted by Crippen LogP contribution is -2.17. The molecule has 0 aliphatic heterocycles. The number of ether oxygens (including phenoxy) is 1. The molecule has 0 fully saturated rings. The molecule has 2 rings (SSSR count). The van der Waals surface area contributed by atoms with Crippen molar-refractivity contribution in [1.29, 1.82) is 5.26 Å². The molecular formula is C20H20N2O3. The third kappa shape index (κ3) is 4.04. The molecule has 0 saturated heterocycles. The molecule has 1 amide bonds. The fourth-order valence-corrected chi connectivity index (χ4v) is 2.35. The first-order valence-electron chi connectivity index (χ1n) is 7.80. The number of hydrogen-bond donors (Lipinski definition) is 1. The minimum absolute atomic E-state index is 0.310. The van der Waals surface area contributed by atoms with Crippen LogP contribution in [0.15, 0.2) is 42.5 Å². The largest absolute Gasteiger partial charge is 0.465 e. The van der Waals surface area contributed by atoms with Crippen LogP contribution in [-0.4, -0.2) is 19.0 Å². The molecule has 5 heteroatoms. The van der Waals surface area contributed by atoms with Gasteiger partial charge in [0.25, 0.3) is 5.91 Å². The van der Waals surface area contributed by atoms with Gasteiger partial charge in [-0.25, -0.2) is 4.79 Å². The number of carbonyl (C=O) groups excluding carboxylic acids is 2. The zero-order chi connectivity index (χ0) is 18.6. The van der Waals surface area contributed by atoms with E-state index in [1.165, 1.54) is 7.11 Å². The van der Waals surface area contributed by atoms with Gasteiger partial charge in [0, 0.05) is 11.3 Å². The first-order valence-corrected chi connectivity index (χ1v) is 7.80. The highest BCUT2D eigenvalue weighted by atomic mass is 16.5. The molecule has 0 aromatic heterocycles. The molecule has 1 N–H and O–H groups in total. The van der Waals surface area contributed by atoms with Gasteiger partial charge in [-0.1, -0.05) is 18.2 Å². The van der Waals surface area contributed by atoms with Crippen molar-refractivity contribution >= 4 is 17.6 Å². The molecule has 0 spiro atoms. The second kappa shape index (κ2) is 7.18. The first-order chi connectivity index (χ1) is 11.8. The lowest BCUT2D eigenvalue weighted by molar-refractivity contribution is 0.0599. The van der Waals surface area contributed by atoms with Crippen LogP contribution in [0, 0.1) is 18.3 Å². The van der Waals surface area contributed by atoms with E-state index in [0.29, 0.717) is 16.8 Å². The van der Waals surface area contributed by atoms with Crippen molar-refractivity contribution in [2.75, 3.05) is 12.4 Å². The fraction of sp³-hybridized carbons (Fsp3) is 0.250. The third-order valence-corrected chi connectivity index (χ3v) is 4.03. The summed E-state index contributed by atoms with van der Waals surface area (Å²) >= 11 is 0. The number of amides is 1. The van der Waals surface area contributed by atoms with Crippen molar-refractivity contribution in [3.8, 4) is 6.07 Å². The van der Waals surface area contributed by atoms with Crippen LogP contribution in [-0.2, 0) is 10.2 Å². The van der Waals surface area contributed by atoms with Gasteiger partial charge in [0.1, 0.15) is 0 Å². The van der Waals surface area contributed by atoms with Crippen molar-refractivity contribution in [2.45, 2.75) is 26.2 Å². The molecular weight excluding hydrogens is 316 g/mol. The standard InChI is InChI=1S/C20H20N2O3/c1-13-8-9-16(11-17(13)19(24)25-4)22-18(23)14-6-5-7-15(10-14)20(2,3)12-21/h5-11H,1-4H3,(H,22,23). The zero-order valence-electron chi connectivity index (χ0n) is 14.7. The van der Waals surface area contributed by atoms with E-state index in [1.807, 2.05) is 6.07 Å². The Morgan fingerprint density at radius 3 is 2.52 bits per heavy atom. The summed E-state index contributed by atoms with van der Waals surface area (Å²) in [7, 11) is 1.31. The maximum atomic E-state index is 12.5. The highest BCUT2D eigenvalue weighted by Crippen LogP contribution is 2.23. The molecule has 0 aliphatic carbocycles. The minimum atomic E-state index is -0.682. The Morgan fingerprint density at radius 2 is 1.88 bits per heavy atom. The second-order valence-electron chi connectivity index (χ2n) is 6.29. The van der Waals surface area contributed by atoms with Crippen LogP contribution in [0.25, 0.3) is 0 Å². The molecule has 128 valence electrons. The highest BCUT2D eigenvalue weighted by molar-refractivity contribution is 6.05. The van der Waals surface area contributed by atoms with Gasteiger partial charge in [-0.05, 0) is 56.2 Å². The molecule has 0 atom stereocenters. The predicted octanol–water partition coefficient (Wildman–Crippen LogP) is 3.84. The Kier molecular flexibility index (Phi) is 5.23. The van der Waals surface area contributed by atoms with E-state index in [4.69, 9.17) is 4.74 Å². The Hall–Kier alpha value is -3.13. The van der Waals surface area contributed by atoms with Crippen molar-refractivity contribution in [3.63, 3.8) is 0 Å². The van der Waals surface area contributed by atoms with E-state index in [-0.39, 0.29) is 5.91 Å². The Bertz CT molecular complexity index is 863. The van der Waals surface area contributed by atoms with Gasteiger partial charge < -0.3 is 10.1 Å². The number of rotatable bonds is 4. The van der Waals surface area contributed by atoms with Crippen molar-refractivity contribution in [2.24, 2.45) is 0 Å². The summed E-state index contributed by atoms with van der Waals surface area (Å²) in [5.41, 5.74) is 2.20. The third-order valence-electron chi connectivity index (χ3n) is 4.03. The first kappa shape index (κ1) is 18.2. The quantitative estimate of drug-likeness (QED) is 0.861. The number of methoxy groups -OCH3 is 1. The van der Waals surface area contributed by atoms with Crippen LogP contribution in [0.5, 0.6) is 0 Å². The molecule has 5 nitrogen and oxygen atoms in total. The van der Waals surface area contributed by atoms with E-state index in [2.05, 4.69) is 11.4 Å². The predicted molar refractivity (Wildman–Crippen MR) is 95.6 cm³/mol. The summed E-state index contributed by atoms with van der Waals surface area (Å²) in [5, 5.41) is 12.0. The monoisotopic (exact) mass is 336 g/mol. The van der Waals surface area contributed by atoms with Crippen molar-refractivity contribution < 1.29 is 14.3 Å². The van der Waals surface area contributed by atoms with Gasteiger partial charge in [0.2, 0.25) is 0 Å². The molecule has 0 saturated carbocycles. The average Bonchev–Trinajstić information content (AvgIpc) is 2.62. The topological polar surface area (TPSA) is 79.2 Å². The van der Waals surface area contributed by atoms with Crippen LogP contribution >= 0.6 is 0 Å². The number of nitrogens with one attached hydrogen (secondary N) is 1. The van der Waals surface area contributed by atoms with Gasteiger partial charge in [0.05, 0.1) is 24.2 Å². The minimum Gasteiger partial charge on any atom is -0.465 e. The number of benzene rings is 2. The Labute approximate surface area is 147 Å². The van der Waals surface area contributed by atoms with E-state index in [0.717, 1.165) is 11.1 Å². The summed E-state index contributed by atoms with van der Waals surface area (Å²) in [5.74, 6) is -0.762. The molecule has 25 heavy (non-hydrogen) atoms. The lowest BCUT2D eigenvalue weighted by atomic mass is 9.85. The normalized spacial score (nSPS) is 10.7. The van der Waals surface area contributed by atoms with Crippen LogP contribution in [0.1, 0.15) is 45.7 Å². The summed E-state index contributed by atoms with van der Waals surface area (Å²) in [6.45, 7) is 5.39. The van der Waals surface area contributed by atoms with Crippen molar-refractivity contribution in [1.82, 2.24) is 0 Å². The molecule has 0 radical (unpaired) electrons. The maximum Gasteiger partial charge on any atom is 0.338 e. The van der Waals surface area contributed by atoms with Gasteiger partial charge in [-0.2, -0.15) is 5.26 Å². The summed E-state index contributed by atoms with van der Waals surface area (Å²) in [6, 6.07) is 14.2. The number of hydrogen-bond acceptors (Lipinski definition) is 4. The lowest BCUT2D eigenvalue weighted by Gasteiger charge is -2.16. The Morgan fingerprint density at radius 1 is 1.16 bits per heavy atom. The second-order valence-corrected chi connectivity index (χ2v) is 6.29. The van der Waals surface area contributed by atoms with Gasteiger partial charge >= 0.3 is 5.97 Å². The summed E-state index contributed by atoms with van der Waals surface area (Å²) in [6.07, 6.45) is 0. The summed E-state index contributed by atoms with van der Waals surface area (Å²) < 4.78 is 4.74. The van der Waals surface area contributed by atoms with Crippen LogP contribution in [0.4, 0.5) is 5.69 Å². The molecule has 0 heterocycles. The molecule has 0 aliphatic rings. The van der Waals surface area contributed by atoms with E-state index in [9.17, 15) is 14.9 Å². The molecule has 0 unspecified atom stereocenters. The number of esters is 1. The average molecular weight is 336 g/mol. The van der Waals surface area contributed by atoms with Crippen LogP contribution in [0.2, 0.25) is 0 Å².